The summed E-state index contributed by atoms with van der Waals surface area (Å²) in [4.78, 5) is 28.2. The Morgan fingerprint density at radius 1 is 1.07 bits per heavy atom. The fraction of sp³-hybridized carbons (Fsp3) is 0.333. The third kappa shape index (κ3) is 4.25. The fourth-order valence-corrected chi connectivity index (χ4v) is 4.19. The summed E-state index contributed by atoms with van der Waals surface area (Å²) in [6.07, 6.45) is 0.860. The normalized spacial score (nSPS) is 16.0. The van der Waals surface area contributed by atoms with Gasteiger partial charge in [0.1, 0.15) is 17.1 Å². The number of benzene rings is 2. The maximum absolute atomic E-state index is 12.8. The van der Waals surface area contributed by atoms with Crippen molar-refractivity contribution in [2.45, 2.75) is 23.5 Å². The van der Waals surface area contributed by atoms with E-state index in [1.165, 1.54) is 14.2 Å². The molecule has 28 heavy (non-hydrogen) atoms. The van der Waals surface area contributed by atoms with E-state index in [4.69, 9.17) is 14.2 Å². The third-order valence-electron chi connectivity index (χ3n) is 4.50. The van der Waals surface area contributed by atoms with E-state index in [9.17, 15) is 9.59 Å². The molecule has 1 aliphatic rings. The summed E-state index contributed by atoms with van der Waals surface area (Å²) in [6.45, 7) is 2.37. The molecule has 0 N–H and O–H groups in total. The van der Waals surface area contributed by atoms with Gasteiger partial charge in [-0.15, -0.1) is 11.8 Å². The number of fused-ring (bicyclic) bond motifs is 1. The second kappa shape index (κ2) is 9.01. The van der Waals surface area contributed by atoms with Gasteiger partial charge in [0.15, 0.2) is 6.61 Å². The molecule has 6 nitrogen and oxygen atoms in total. The van der Waals surface area contributed by atoms with Gasteiger partial charge in [-0.1, -0.05) is 25.1 Å². The summed E-state index contributed by atoms with van der Waals surface area (Å²) in [5.41, 5.74) is 1.02. The maximum atomic E-state index is 12.8. The Morgan fingerprint density at radius 3 is 2.43 bits per heavy atom. The summed E-state index contributed by atoms with van der Waals surface area (Å²) in [6, 6.07) is 12.8. The van der Waals surface area contributed by atoms with Crippen LogP contribution in [-0.4, -0.2) is 44.5 Å². The van der Waals surface area contributed by atoms with E-state index in [1.807, 2.05) is 24.3 Å². The van der Waals surface area contributed by atoms with Gasteiger partial charge in [0.2, 0.25) is 0 Å². The van der Waals surface area contributed by atoms with Crippen molar-refractivity contribution in [3.05, 3.63) is 48.0 Å². The molecule has 0 aromatic heterocycles. The summed E-state index contributed by atoms with van der Waals surface area (Å²) >= 11 is 1.75. The van der Waals surface area contributed by atoms with Crippen molar-refractivity contribution < 1.29 is 23.8 Å². The van der Waals surface area contributed by atoms with Crippen molar-refractivity contribution in [2.24, 2.45) is 0 Å². The summed E-state index contributed by atoms with van der Waals surface area (Å²) in [5.74, 6) is -0.248. The minimum absolute atomic E-state index is 0.167. The fourth-order valence-electron chi connectivity index (χ4n) is 3.08. The monoisotopic (exact) mass is 401 g/mol. The van der Waals surface area contributed by atoms with Crippen molar-refractivity contribution in [3.8, 4) is 11.5 Å². The van der Waals surface area contributed by atoms with Crippen LogP contribution in [0.2, 0.25) is 0 Å². The molecule has 2 aromatic carbocycles. The quantitative estimate of drug-likeness (QED) is 0.711. The molecule has 0 saturated carbocycles. The van der Waals surface area contributed by atoms with Crippen molar-refractivity contribution in [2.75, 3.05) is 32.3 Å². The molecule has 0 saturated heterocycles. The van der Waals surface area contributed by atoms with Crippen LogP contribution in [0.4, 0.5) is 5.69 Å². The van der Waals surface area contributed by atoms with Gasteiger partial charge in [0.05, 0.1) is 19.9 Å². The Morgan fingerprint density at radius 2 is 1.75 bits per heavy atom. The molecule has 148 valence electrons. The minimum atomic E-state index is -0.659. The molecule has 2 aromatic rings. The number of rotatable bonds is 5. The zero-order valence-electron chi connectivity index (χ0n) is 16.1. The average molecular weight is 401 g/mol. The molecule has 0 bridgehead atoms. The van der Waals surface area contributed by atoms with E-state index in [0.29, 0.717) is 23.3 Å². The molecule has 1 amide bonds. The van der Waals surface area contributed by atoms with E-state index in [0.717, 1.165) is 17.0 Å². The van der Waals surface area contributed by atoms with Crippen molar-refractivity contribution in [1.82, 2.24) is 0 Å². The van der Waals surface area contributed by atoms with Gasteiger partial charge in [-0.05, 0) is 30.7 Å². The Balaban J connectivity index is 1.75. The molecule has 0 aliphatic carbocycles. The smallest absolute Gasteiger partial charge is 0.346 e. The summed E-state index contributed by atoms with van der Waals surface area (Å²) < 4.78 is 15.8. The van der Waals surface area contributed by atoms with E-state index in [-0.39, 0.29) is 18.1 Å². The lowest BCUT2D eigenvalue weighted by Gasteiger charge is -2.22. The van der Waals surface area contributed by atoms with Gasteiger partial charge < -0.3 is 19.1 Å². The van der Waals surface area contributed by atoms with Crippen molar-refractivity contribution in [3.63, 3.8) is 0 Å². The van der Waals surface area contributed by atoms with Crippen LogP contribution in [-0.2, 0) is 9.53 Å². The molecule has 1 aliphatic heterocycles. The largest absolute Gasteiger partial charge is 0.496 e. The first-order valence-electron chi connectivity index (χ1n) is 8.99. The Kier molecular flexibility index (Phi) is 6.46. The standard InChI is InChI=1S/C21H23NO5S/c1-14-11-12-22(15-7-4-5-10-18(15)28-14)19(23)13-27-21(24)20-16(25-2)8-6-9-17(20)26-3/h4-10,14H,11-13H2,1-3H3. The zero-order valence-corrected chi connectivity index (χ0v) is 17.0. The number of para-hydroxylation sites is 1. The molecular weight excluding hydrogens is 378 g/mol. The van der Waals surface area contributed by atoms with E-state index in [1.54, 1.807) is 34.9 Å². The highest BCUT2D eigenvalue weighted by Gasteiger charge is 2.26. The number of carbonyl (C=O) groups is 2. The molecule has 0 spiro atoms. The van der Waals surface area contributed by atoms with Crippen LogP contribution in [0.3, 0.4) is 0 Å². The van der Waals surface area contributed by atoms with Gasteiger partial charge in [0, 0.05) is 16.7 Å². The van der Waals surface area contributed by atoms with Gasteiger partial charge in [-0.3, -0.25) is 4.79 Å². The number of hydrogen-bond donors (Lipinski definition) is 0. The van der Waals surface area contributed by atoms with Crippen LogP contribution in [0, 0.1) is 0 Å². The van der Waals surface area contributed by atoms with E-state index in [2.05, 4.69) is 6.92 Å². The summed E-state index contributed by atoms with van der Waals surface area (Å²) in [7, 11) is 2.92. The first-order valence-corrected chi connectivity index (χ1v) is 9.87. The highest BCUT2D eigenvalue weighted by atomic mass is 32.2. The number of esters is 1. The van der Waals surface area contributed by atoms with Gasteiger partial charge in [-0.25, -0.2) is 4.79 Å². The minimum Gasteiger partial charge on any atom is -0.496 e. The lowest BCUT2D eigenvalue weighted by molar-refractivity contribution is -0.121. The first kappa shape index (κ1) is 20.1. The van der Waals surface area contributed by atoms with Crippen LogP contribution in [0.1, 0.15) is 23.7 Å². The highest BCUT2D eigenvalue weighted by Crippen LogP contribution is 2.37. The second-order valence-corrected chi connectivity index (χ2v) is 7.82. The van der Waals surface area contributed by atoms with Crippen LogP contribution in [0.15, 0.2) is 47.4 Å². The third-order valence-corrected chi connectivity index (χ3v) is 5.74. The van der Waals surface area contributed by atoms with Crippen molar-refractivity contribution >= 4 is 29.3 Å². The van der Waals surface area contributed by atoms with E-state index < -0.39 is 5.97 Å². The molecule has 1 atom stereocenters. The van der Waals surface area contributed by atoms with Crippen LogP contribution in [0.25, 0.3) is 0 Å². The lowest BCUT2D eigenvalue weighted by Crippen LogP contribution is -2.35. The number of ether oxygens (including phenoxy) is 3. The van der Waals surface area contributed by atoms with Gasteiger partial charge in [0.25, 0.3) is 5.91 Å². The Labute approximate surface area is 168 Å². The summed E-state index contributed by atoms with van der Waals surface area (Å²) in [5, 5.41) is 0.402. The number of amides is 1. The predicted octanol–water partition coefficient (Wildman–Crippen LogP) is 3.78. The molecule has 1 heterocycles. The topological polar surface area (TPSA) is 65.1 Å². The second-order valence-electron chi connectivity index (χ2n) is 6.34. The first-order chi connectivity index (χ1) is 13.5. The molecule has 7 heteroatoms. The van der Waals surface area contributed by atoms with Gasteiger partial charge >= 0.3 is 5.97 Å². The number of hydrogen-bond acceptors (Lipinski definition) is 6. The Bertz CT molecular complexity index is 847. The number of thioether (sulfide) groups is 1. The predicted molar refractivity (Wildman–Crippen MR) is 109 cm³/mol. The van der Waals surface area contributed by atoms with Crippen molar-refractivity contribution in [1.29, 1.82) is 0 Å². The number of anilines is 1. The molecule has 1 unspecified atom stereocenters. The number of carbonyl (C=O) groups excluding carboxylic acids is 2. The average Bonchev–Trinajstić information content (AvgIpc) is 2.89. The van der Waals surface area contributed by atoms with Crippen LogP contribution < -0.4 is 14.4 Å². The maximum Gasteiger partial charge on any atom is 0.346 e. The van der Waals surface area contributed by atoms with Crippen LogP contribution in [0.5, 0.6) is 11.5 Å². The molecule has 0 radical (unpaired) electrons. The van der Waals surface area contributed by atoms with E-state index >= 15 is 0 Å². The zero-order chi connectivity index (χ0) is 20.1. The molecule has 0 fully saturated rings. The Hall–Kier alpha value is -2.67. The molecular formula is C21H23NO5S. The molecule has 3 rings (SSSR count). The lowest BCUT2D eigenvalue weighted by atomic mass is 10.2. The SMILES string of the molecule is COc1cccc(OC)c1C(=O)OCC(=O)N1CCC(C)Sc2ccccc21. The number of nitrogens with zero attached hydrogens (tertiary/aromatic N) is 1. The van der Waals surface area contributed by atoms with Crippen LogP contribution >= 0.6 is 11.8 Å². The number of methoxy groups -OCH3 is 2. The highest BCUT2D eigenvalue weighted by molar-refractivity contribution is 8.00. The van der Waals surface area contributed by atoms with Gasteiger partial charge in [-0.2, -0.15) is 0 Å².